The lowest BCUT2D eigenvalue weighted by atomic mass is 10.1. The van der Waals surface area contributed by atoms with E-state index in [0.717, 1.165) is 0 Å². The smallest absolute Gasteiger partial charge is 0.338 e. The Morgan fingerprint density at radius 1 is 0.778 bits per heavy atom. The van der Waals surface area contributed by atoms with Gasteiger partial charge in [0.25, 0.3) is 0 Å². The van der Waals surface area contributed by atoms with Gasteiger partial charge in [-0.05, 0) is 36.4 Å². The lowest BCUT2D eigenvalue weighted by Crippen LogP contribution is -2.41. The van der Waals surface area contributed by atoms with Crippen LogP contribution in [0.25, 0.3) is 11.0 Å². The van der Waals surface area contributed by atoms with Crippen molar-refractivity contribution in [3.8, 4) is 0 Å². The first kappa shape index (κ1) is 29.2. The van der Waals surface area contributed by atoms with Crippen LogP contribution in [0.3, 0.4) is 0 Å². The van der Waals surface area contributed by atoms with E-state index in [4.69, 9.17) is 24.4 Å². The zero-order valence-corrected chi connectivity index (χ0v) is 23.6. The fraction of sp³-hybridized carbons (Fsp3) is 0.152. The summed E-state index contributed by atoms with van der Waals surface area (Å²) < 4.78 is 25.2. The van der Waals surface area contributed by atoms with Crippen molar-refractivity contribution >= 4 is 28.9 Å². The van der Waals surface area contributed by atoms with Gasteiger partial charge < -0.3 is 23.9 Å². The van der Waals surface area contributed by atoms with Gasteiger partial charge in [-0.15, -0.1) is 0 Å². The van der Waals surface area contributed by atoms with Crippen molar-refractivity contribution < 1.29 is 33.3 Å². The van der Waals surface area contributed by atoms with E-state index in [9.17, 15) is 19.2 Å². The van der Waals surface area contributed by atoms with Gasteiger partial charge in [0.15, 0.2) is 29.4 Å². The van der Waals surface area contributed by atoms with Gasteiger partial charge in [-0.2, -0.15) is 0 Å². The number of esters is 3. The Kier molecular flexibility index (Phi) is 8.29. The second-order valence-electron chi connectivity index (χ2n) is 10.1. The second kappa shape index (κ2) is 12.8. The van der Waals surface area contributed by atoms with Crippen LogP contribution in [0.15, 0.2) is 114 Å². The Bertz CT molecular complexity index is 1950. The molecule has 3 heterocycles. The Morgan fingerprint density at radius 3 is 1.89 bits per heavy atom. The molecule has 3 aromatic carbocycles. The molecule has 0 radical (unpaired) electrons. The van der Waals surface area contributed by atoms with Crippen LogP contribution in [0.4, 0.5) is 0 Å². The first-order valence-electron chi connectivity index (χ1n) is 13.9. The van der Waals surface area contributed by atoms with Crippen LogP contribution in [0.2, 0.25) is 0 Å². The van der Waals surface area contributed by atoms with Gasteiger partial charge in [0.1, 0.15) is 30.1 Å². The molecule has 1 fully saturated rings. The molecule has 1 aliphatic heterocycles. The van der Waals surface area contributed by atoms with Crippen molar-refractivity contribution in [3.05, 3.63) is 142 Å². The summed E-state index contributed by atoms with van der Waals surface area (Å²) in [6.45, 7) is -0.380. The maximum Gasteiger partial charge on any atom is 0.338 e. The Morgan fingerprint density at radius 2 is 1.31 bits per heavy atom. The van der Waals surface area contributed by atoms with Crippen molar-refractivity contribution in [2.24, 2.45) is 0 Å². The molecule has 0 aliphatic carbocycles. The van der Waals surface area contributed by atoms with Gasteiger partial charge in [-0.25, -0.2) is 19.4 Å². The minimum absolute atomic E-state index is 0.0338. The maximum absolute atomic E-state index is 13.4. The highest BCUT2D eigenvalue weighted by molar-refractivity contribution is 5.91. The molecule has 1 aliphatic rings. The predicted octanol–water partition coefficient (Wildman–Crippen LogP) is 3.41. The normalized spacial score (nSPS) is 19.1. The topological polar surface area (TPSA) is 163 Å². The molecular formula is C33H26N4O8. The molecule has 45 heavy (non-hydrogen) atoms. The summed E-state index contributed by atoms with van der Waals surface area (Å²) in [5.41, 5.74) is 0.169. The molecule has 1 saturated heterocycles. The number of aromatic nitrogens is 3. The number of nitrogens with one attached hydrogen (secondary N) is 2. The Balaban J connectivity index is 1.42. The first-order valence-corrected chi connectivity index (χ1v) is 13.9. The first-order chi connectivity index (χ1) is 21.9. The summed E-state index contributed by atoms with van der Waals surface area (Å²) in [7, 11) is 0. The fourth-order valence-electron chi connectivity index (χ4n) is 5.02. The van der Waals surface area contributed by atoms with Crippen molar-refractivity contribution in [2.45, 2.75) is 24.5 Å². The lowest BCUT2D eigenvalue weighted by molar-refractivity contribution is -0.0610. The highest BCUT2D eigenvalue weighted by Crippen LogP contribution is 2.36. The standard InChI is InChI=1S/C33H26N4O8/c34-28-25-23(38)16-17-35-29(25)37(19-36-28)30-27(45-33(41)22-14-8-3-9-15-22)26(44-32(40)21-12-6-2-7-13-21)24(43-30)18-42-31(39)20-10-4-1-5-11-20/h1-17,19,24,26-27,30,34H,18H2,(H,35,38)/t24-,26+,27-,30-/m1/s1. The van der Waals surface area contributed by atoms with Crippen molar-refractivity contribution in [2.75, 3.05) is 6.61 Å². The third kappa shape index (κ3) is 6.12. The number of carbonyl (C=O) groups excluding carboxylic acids is 3. The number of fused-ring (bicyclic) bond motifs is 1. The number of nitrogens with zero attached hydrogens (tertiary/aromatic N) is 2. The molecule has 2 N–H and O–H groups in total. The molecule has 12 heteroatoms. The molecule has 0 amide bonds. The van der Waals surface area contributed by atoms with E-state index in [2.05, 4.69) is 9.97 Å². The molecule has 0 unspecified atom stereocenters. The van der Waals surface area contributed by atoms with E-state index in [1.54, 1.807) is 91.0 Å². The van der Waals surface area contributed by atoms with Crippen LogP contribution >= 0.6 is 0 Å². The Hall–Kier alpha value is -5.88. The molecule has 0 spiro atoms. The number of hydrogen-bond donors (Lipinski definition) is 2. The van der Waals surface area contributed by atoms with Crippen LogP contribution < -0.4 is 10.9 Å². The number of aromatic amines is 1. The van der Waals surface area contributed by atoms with Crippen LogP contribution in [-0.4, -0.2) is 57.4 Å². The minimum atomic E-state index is -1.32. The summed E-state index contributed by atoms with van der Waals surface area (Å²) in [5.74, 6) is -2.11. The molecule has 226 valence electrons. The number of ether oxygens (including phenoxy) is 4. The summed E-state index contributed by atoms with van der Waals surface area (Å²) in [4.78, 5) is 59.3. The van der Waals surface area contributed by atoms with E-state index in [1.807, 2.05) is 0 Å². The molecular weight excluding hydrogens is 580 g/mol. The number of rotatable bonds is 8. The van der Waals surface area contributed by atoms with Gasteiger partial charge in [0.2, 0.25) is 0 Å². The van der Waals surface area contributed by atoms with Gasteiger partial charge in [0.05, 0.1) is 16.7 Å². The van der Waals surface area contributed by atoms with Crippen molar-refractivity contribution in [1.29, 1.82) is 5.41 Å². The number of benzene rings is 3. The predicted molar refractivity (Wildman–Crippen MR) is 158 cm³/mol. The van der Waals surface area contributed by atoms with Gasteiger partial charge in [0, 0.05) is 12.3 Å². The highest BCUT2D eigenvalue weighted by atomic mass is 16.7. The van der Waals surface area contributed by atoms with Crippen LogP contribution in [0, 0.1) is 5.41 Å². The SMILES string of the molecule is N=c1ncn([C@@H]2O[C@H](COC(=O)c3ccccc3)[C@H](OC(=O)c3ccccc3)[C@H]2OC(=O)c2ccccc2)c2[nH]ccc(=O)c12. The summed E-state index contributed by atoms with van der Waals surface area (Å²) in [6.07, 6.45) is -2.32. The quantitative estimate of drug-likeness (QED) is 0.199. The van der Waals surface area contributed by atoms with Crippen LogP contribution in [0.1, 0.15) is 37.3 Å². The largest absolute Gasteiger partial charge is 0.459 e. The highest BCUT2D eigenvalue weighted by Gasteiger charge is 2.51. The molecule has 12 nitrogen and oxygen atoms in total. The van der Waals surface area contributed by atoms with Gasteiger partial charge in [-0.3, -0.25) is 14.8 Å². The van der Waals surface area contributed by atoms with Gasteiger partial charge >= 0.3 is 17.9 Å². The van der Waals surface area contributed by atoms with Crippen LogP contribution in [-0.2, 0) is 18.9 Å². The van der Waals surface area contributed by atoms with Gasteiger partial charge in [-0.1, -0.05) is 54.6 Å². The summed E-state index contributed by atoms with van der Waals surface area (Å²) >= 11 is 0. The lowest BCUT2D eigenvalue weighted by Gasteiger charge is -2.25. The monoisotopic (exact) mass is 606 g/mol. The number of hydrogen-bond acceptors (Lipinski definition) is 10. The molecule has 0 saturated carbocycles. The van der Waals surface area contributed by atoms with E-state index < -0.39 is 47.9 Å². The van der Waals surface area contributed by atoms with E-state index in [1.165, 1.54) is 23.2 Å². The van der Waals surface area contributed by atoms with E-state index >= 15 is 0 Å². The average molecular weight is 607 g/mol. The summed E-state index contributed by atoms with van der Waals surface area (Å²) in [5, 5.41) is 8.18. The van der Waals surface area contributed by atoms with E-state index in [0.29, 0.717) is 5.56 Å². The molecule has 0 bridgehead atoms. The number of H-pyrrole nitrogens is 1. The third-order valence-electron chi connectivity index (χ3n) is 7.20. The third-order valence-corrected chi connectivity index (χ3v) is 7.20. The molecule has 2 aromatic heterocycles. The fourth-order valence-corrected chi connectivity index (χ4v) is 5.02. The maximum atomic E-state index is 13.4. The van der Waals surface area contributed by atoms with Crippen LogP contribution in [0.5, 0.6) is 0 Å². The number of pyridine rings is 1. The van der Waals surface area contributed by atoms with Crippen molar-refractivity contribution in [1.82, 2.24) is 14.5 Å². The Labute approximate surface area is 255 Å². The average Bonchev–Trinajstić information content (AvgIpc) is 3.40. The summed E-state index contributed by atoms with van der Waals surface area (Å²) in [6, 6.07) is 26.0. The zero-order valence-electron chi connectivity index (χ0n) is 23.6. The molecule has 4 atom stereocenters. The zero-order chi connectivity index (χ0) is 31.3. The van der Waals surface area contributed by atoms with Crippen molar-refractivity contribution in [3.63, 3.8) is 0 Å². The molecule has 6 rings (SSSR count). The molecule has 5 aromatic rings. The second-order valence-corrected chi connectivity index (χ2v) is 10.1. The van der Waals surface area contributed by atoms with E-state index in [-0.39, 0.29) is 34.3 Å². The minimum Gasteiger partial charge on any atom is -0.459 e. The number of carbonyl (C=O) groups is 3.